The van der Waals surface area contributed by atoms with Gasteiger partial charge in [-0.15, -0.1) is 0 Å². The van der Waals surface area contributed by atoms with E-state index in [1.807, 2.05) is 6.92 Å². The first-order valence-electron chi connectivity index (χ1n) is 7.10. The molecule has 3 N–H and O–H groups in total. The lowest BCUT2D eigenvalue weighted by Gasteiger charge is -2.30. The Morgan fingerprint density at radius 1 is 1.43 bits per heavy atom. The molecule has 1 aromatic carbocycles. The Hall–Kier alpha value is -1.86. The molecule has 2 aromatic rings. The first-order valence-corrected chi connectivity index (χ1v) is 9.02. The van der Waals surface area contributed by atoms with Crippen molar-refractivity contribution in [1.82, 2.24) is 0 Å². The number of anilines is 1. The first-order chi connectivity index (χ1) is 11.0. The van der Waals surface area contributed by atoms with Gasteiger partial charge in [-0.1, -0.05) is 17.8 Å². The van der Waals surface area contributed by atoms with Crippen molar-refractivity contribution in [1.29, 1.82) is 0 Å². The number of carbonyl (C=O) groups excluding carboxylic acids is 1. The normalized spacial score (nSPS) is 20.9. The molecule has 4 nitrogen and oxygen atoms in total. The summed E-state index contributed by atoms with van der Waals surface area (Å²) in [6.07, 6.45) is 0.807. The minimum absolute atomic E-state index is 0.159. The van der Waals surface area contributed by atoms with Gasteiger partial charge in [0.15, 0.2) is 5.17 Å². The van der Waals surface area contributed by atoms with Gasteiger partial charge in [-0.2, -0.15) is 11.3 Å². The van der Waals surface area contributed by atoms with E-state index in [2.05, 4.69) is 10.3 Å². The zero-order chi connectivity index (χ0) is 16.4. The lowest BCUT2D eigenvalue weighted by molar-refractivity contribution is 0.102. The molecule has 1 aliphatic heterocycles. The highest BCUT2D eigenvalue weighted by atomic mass is 32.2. The van der Waals surface area contributed by atoms with Crippen molar-refractivity contribution < 1.29 is 9.18 Å². The van der Waals surface area contributed by atoms with Crippen LogP contribution in [-0.4, -0.2) is 16.8 Å². The van der Waals surface area contributed by atoms with E-state index in [9.17, 15) is 9.18 Å². The van der Waals surface area contributed by atoms with Crippen LogP contribution >= 0.6 is 23.1 Å². The van der Waals surface area contributed by atoms with E-state index in [0.29, 0.717) is 10.7 Å². The summed E-state index contributed by atoms with van der Waals surface area (Å²) in [6, 6.07) is 6.40. The van der Waals surface area contributed by atoms with Gasteiger partial charge in [-0.3, -0.25) is 9.79 Å². The predicted octanol–water partition coefficient (Wildman–Crippen LogP) is 3.81. The molecule has 1 aromatic heterocycles. The fourth-order valence-electron chi connectivity index (χ4n) is 2.44. The summed E-state index contributed by atoms with van der Waals surface area (Å²) >= 11 is 2.94. The van der Waals surface area contributed by atoms with Gasteiger partial charge in [-0.25, -0.2) is 4.39 Å². The maximum absolute atomic E-state index is 14.1. The predicted molar refractivity (Wildman–Crippen MR) is 94.7 cm³/mol. The van der Waals surface area contributed by atoms with Gasteiger partial charge in [-0.05, 0) is 42.5 Å². The quantitative estimate of drug-likeness (QED) is 0.885. The maximum atomic E-state index is 14.1. The Labute approximate surface area is 142 Å². The molecular formula is C16H16FN3OS2. The smallest absolute Gasteiger partial charge is 0.256 e. The topological polar surface area (TPSA) is 67.5 Å². The van der Waals surface area contributed by atoms with Crippen molar-refractivity contribution in [3.8, 4) is 0 Å². The lowest BCUT2D eigenvalue weighted by atomic mass is 9.89. The minimum Gasteiger partial charge on any atom is -0.379 e. The summed E-state index contributed by atoms with van der Waals surface area (Å²) < 4.78 is 14.1. The highest BCUT2D eigenvalue weighted by molar-refractivity contribution is 8.13. The molecule has 0 fully saturated rings. The Kier molecular flexibility index (Phi) is 4.41. The second kappa shape index (κ2) is 6.33. The number of rotatable bonds is 3. The Morgan fingerprint density at radius 3 is 2.96 bits per heavy atom. The first kappa shape index (κ1) is 16.0. The second-order valence-corrected chi connectivity index (χ2v) is 7.38. The van der Waals surface area contributed by atoms with E-state index in [4.69, 9.17) is 5.73 Å². The van der Waals surface area contributed by atoms with E-state index in [1.54, 1.807) is 29.0 Å². The molecule has 23 heavy (non-hydrogen) atoms. The van der Waals surface area contributed by atoms with Crippen LogP contribution in [0.2, 0.25) is 0 Å². The van der Waals surface area contributed by atoms with Crippen molar-refractivity contribution in [3.05, 3.63) is 52.0 Å². The number of benzene rings is 1. The SMILES string of the molecule is CC1(c2ccc(F)c(NC(=O)c3ccsc3)c2)CCSC(N)=N1. The number of aliphatic imine (C=N–C) groups is 1. The van der Waals surface area contributed by atoms with Gasteiger partial charge < -0.3 is 11.1 Å². The minimum atomic E-state index is -0.495. The van der Waals surface area contributed by atoms with Crippen LogP contribution in [0.5, 0.6) is 0 Å². The number of thioether (sulfide) groups is 1. The summed E-state index contributed by atoms with van der Waals surface area (Å²) in [5.74, 6) is 0.0672. The van der Waals surface area contributed by atoms with Gasteiger partial charge >= 0.3 is 0 Å². The summed E-state index contributed by atoms with van der Waals surface area (Å²) in [7, 11) is 0. The largest absolute Gasteiger partial charge is 0.379 e. The Bertz CT molecular complexity index is 761. The number of halogens is 1. The number of nitrogens with zero attached hydrogens (tertiary/aromatic N) is 1. The van der Waals surface area contributed by atoms with E-state index < -0.39 is 11.4 Å². The van der Waals surface area contributed by atoms with Crippen molar-refractivity contribution in [2.24, 2.45) is 10.7 Å². The van der Waals surface area contributed by atoms with Crippen LogP contribution in [-0.2, 0) is 5.54 Å². The van der Waals surface area contributed by atoms with Gasteiger partial charge in [0.25, 0.3) is 5.91 Å². The molecule has 0 saturated heterocycles. The third-order valence-electron chi connectivity index (χ3n) is 3.82. The average molecular weight is 349 g/mol. The summed E-state index contributed by atoms with van der Waals surface area (Å²) in [4.78, 5) is 16.6. The molecular weight excluding hydrogens is 333 g/mol. The van der Waals surface area contributed by atoms with Crippen molar-refractivity contribution in [3.63, 3.8) is 0 Å². The third-order valence-corrected chi connectivity index (χ3v) is 5.29. The summed E-state index contributed by atoms with van der Waals surface area (Å²) in [5, 5.41) is 6.69. The molecule has 0 spiro atoms. The van der Waals surface area contributed by atoms with E-state index >= 15 is 0 Å². The molecule has 2 heterocycles. The van der Waals surface area contributed by atoms with E-state index in [0.717, 1.165) is 17.7 Å². The molecule has 1 amide bonds. The zero-order valence-electron chi connectivity index (χ0n) is 12.5. The standard InChI is InChI=1S/C16H16FN3OS2/c1-16(5-7-23-15(18)20-16)11-2-3-12(17)13(8-11)19-14(21)10-4-6-22-9-10/h2-4,6,8-9H,5,7H2,1H3,(H2,18,20)(H,19,21). The number of nitrogens with one attached hydrogen (secondary N) is 1. The Morgan fingerprint density at radius 2 is 2.26 bits per heavy atom. The van der Waals surface area contributed by atoms with Gasteiger partial charge in [0.05, 0.1) is 16.8 Å². The zero-order valence-corrected chi connectivity index (χ0v) is 14.1. The van der Waals surface area contributed by atoms with Crippen molar-refractivity contribution in [2.75, 3.05) is 11.1 Å². The highest BCUT2D eigenvalue weighted by Gasteiger charge is 2.30. The van der Waals surface area contributed by atoms with Crippen LogP contribution in [0.15, 0.2) is 40.0 Å². The fourth-order valence-corrected chi connectivity index (χ4v) is 4.05. The van der Waals surface area contributed by atoms with E-state index in [-0.39, 0.29) is 11.6 Å². The molecule has 1 atom stereocenters. The second-order valence-electron chi connectivity index (χ2n) is 5.48. The van der Waals surface area contributed by atoms with Crippen LogP contribution < -0.4 is 11.1 Å². The molecule has 1 unspecified atom stereocenters. The third kappa shape index (κ3) is 3.40. The number of hydrogen-bond acceptors (Lipinski definition) is 5. The molecule has 0 radical (unpaired) electrons. The van der Waals surface area contributed by atoms with Gasteiger partial charge in [0, 0.05) is 11.1 Å². The summed E-state index contributed by atoms with van der Waals surface area (Å²) in [6.45, 7) is 1.97. The molecule has 0 aliphatic carbocycles. The van der Waals surface area contributed by atoms with Crippen LogP contribution in [0.4, 0.5) is 10.1 Å². The monoisotopic (exact) mass is 349 g/mol. The number of amidine groups is 1. The van der Waals surface area contributed by atoms with Gasteiger partial charge in [0.2, 0.25) is 0 Å². The number of thiophene rings is 1. The average Bonchev–Trinajstić information content (AvgIpc) is 3.03. The Balaban J connectivity index is 1.90. The summed E-state index contributed by atoms with van der Waals surface area (Å²) in [5.41, 5.74) is 6.85. The molecule has 1 aliphatic rings. The lowest BCUT2D eigenvalue weighted by Crippen LogP contribution is -2.29. The van der Waals surface area contributed by atoms with E-state index in [1.165, 1.54) is 29.2 Å². The van der Waals surface area contributed by atoms with Crippen LogP contribution in [0.3, 0.4) is 0 Å². The number of hydrogen-bond donors (Lipinski definition) is 2. The van der Waals surface area contributed by atoms with Crippen LogP contribution in [0.25, 0.3) is 0 Å². The van der Waals surface area contributed by atoms with Crippen LogP contribution in [0, 0.1) is 5.82 Å². The number of nitrogens with two attached hydrogens (primary N) is 1. The molecule has 3 rings (SSSR count). The molecule has 0 saturated carbocycles. The van der Waals surface area contributed by atoms with Crippen LogP contribution in [0.1, 0.15) is 29.3 Å². The van der Waals surface area contributed by atoms with Crippen molar-refractivity contribution >= 4 is 39.9 Å². The fraction of sp³-hybridized carbons (Fsp3) is 0.250. The number of carbonyl (C=O) groups is 1. The molecule has 7 heteroatoms. The van der Waals surface area contributed by atoms with Gasteiger partial charge in [0.1, 0.15) is 5.82 Å². The maximum Gasteiger partial charge on any atom is 0.256 e. The highest BCUT2D eigenvalue weighted by Crippen LogP contribution is 2.36. The molecule has 0 bridgehead atoms. The number of amides is 1. The molecule has 120 valence electrons. The van der Waals surface area contributed by atoms with Crippen molar-refractivity contribution in [2.45, 2.75) is 18.9 Å².